The number of hydrogen-bond acceptors (Lipinski definition) is 3. The monoisotopic (exact) mass is 462 g/mol. The summed E-state index contributed by atoms with van der Waals surface area (Å²) in [7, 11) is 0. The second-order valence-corrected chi connectivity index (χ2v) is 9.60. The van der Waals surface area contributed by atoms with Crippen molar-refractivity contribution in [1.29, 1.82) is 0 Å². The first-order valence-corrected chi connectivity index (χ1v) is 12.1. The summed E-state index contributed by atoms with van der Waals surface area (Å²) in [5, 5.41) is 0.938. The lowest BCUT2D eigenvalue weighted by Crippen LogP contribution is -2.08. The molecule has 1 aromatic heterocycles. The molecule has 0 radical (unpaired) electrons. The number of fused-ring (bicyclic) bond motifs is 3. The van der Waals surface area contributed by atoms with Crippen molar-refractivity contribution in [3.05, 3.63) is 120 Å². The predicted molar refractivity (Wildman–Crippen MR) is 139 cm³/mol. The van der Waals surface area contributed by atoms with Crippen LogP contribution in [0.4, 0.5) is 0 Å². The van der Waals surface area contributed by atoms with Crippen molar-refractivity contribution in [2.24, 2.45) is 0 Å². The molecule has 1 unspecified atom stereocenters. The van der Waals surface area contributed by atoms with Gasteiger partial charge in [0.05, 0.1) is 16.3 Å². The molecule has 0 saturated heterocycles. The molecule has 1 atom stereocenters. The highest BCUT2D eigenvalue weighted by molar-refractivity contribution is 8.00. The molecule has 33 heavy (non-hydrogen) atoms. The van der Waals surface area contributed by atoms with Gasteiger partial charge in [-0.3, -0.25) is 0 Å². The zero-order chi connectivity index (χ0) is 22.2. The summed E-state index contributed by atoms with van der Waals surface area (Å²) in [5.41, 5.74) is 7.41. The Hall–Kier alpha value is -3.40. The predicted octanol–water partition coefficient (Wildman–Crippen LogP) is 8.11. The first-order valence-electron chi connectivity index (χ1n) is 10.8. The van der Waals surface area contributed by atoms with Crippen LogP contribution in [0.5, 0.6) is 0 Å². The van der Waals surface area contributed by atoms with Crippen molar-refractivity contribution in [1.82, 2.24) is 9.97 Å². The van der Waals surface area contributed by atoms with E-state index >= 15 is 0 Å². The van der Waals surface area contributed by atoms with E-state index in [0.717, 1.165) is 33.0 Å². The van der Waals surface area contributed by atoms with Crippen molar-refractivity contribution in [3.63, 3.8) is 0 Å². The van der Waals surface area contributed by atoms with Crippen LogP contribution in [0.25, 0.3) is 39.3 Å². The molecule has 0 amide bonds. The second-order valence-electron chi connectivity index (χ2n) is 7.98. The standard InChI is InChI=1S/C29H19ClN2S/c30-24-14-7-13-23(17-24)29-31-26(21-12-6-11-20(16-21)19-8-2-1-3-9-19)28-27(32-29)22-10-4-5-15-25(18-22)33-28/h1-18,25H. The van der Waals surface area contributed by atoms with Gasteiger partial charge in [-0.25, -0.2) is 9.97 Å². The van der Waals surface area contributed by atoms with Gasteiger partial charge in [0.2, 0.25) is 0 Å². The summed E-state index contributed by atoms with van der Waals surface area (Å²) in [4.78, 5) is 11.2. The van der Waals surface area contributed by atoms with Crippen LogP contribution in [-0.4, -0.2) is 15.2 Å². The largest absolute Gasteiger partial charge is 0.227 e. The van der Waals surface area contributed by atoms with E-state index < -0.39 is 0 Å². The van der Waals surface area contributed by atoms with Gasteiger partial charge in [-0.1, -0.05) is 103 Å². The molecular formula is C29H19ClN2S. The van der Waals surface area contributed by atoms with E-state index in [0.29, 0.717) is 10.8 Å². The molecule has 2 bridgehead atoms. The van der Waals surface area contributed by atoms with Crippen molar-refractivity contribution in [3.8, 4) is 33.8 Å². The lowest BCUT2D eigenvalue weighted by Gasteiger charge is -2.22. The minimum atomic E-state index is 0.263. The van der Waals surface area contributed by atoms with Crippen LogP contribution in [0.3, 0.4) is 0 Å². The van der Waals surface area contributed by atoms with Gasteiger partial charge >= 0.3 is 0 Å². The summed E-state index contributed by atoms with van der Waals surface area (Å²) in [6.45, 7) is 0. The van der Waals surface area contributed by atoms with E-state index in [4.69, 9.17) is 21.6 Å². The van der Waals surface area contributed by atoms with Gasteiger partial charge in [-0.05, 0) is 34.9 Å². The van der Waals surface area contributed by atoms with Gasteiger partial charge < -0.3 is 0 Å². The van der Waals surface area contributed by atoms with Crippen molar-refractivity contribution >= 4 is 28.9 Å². The maximum absolute atomic E-state index is 6.30. The summed E-state index contributed by atoms with van der Waals surface area (Å²) in [6.07, 6.45) is 10.8. The quantitative estimate of drug-likeness (QED) is 0.307. The van der Waals surface area contributed by atoms with Crippen LogP contribution in [0, 0.1) is 0 Å². The number of nitrogens with zero attached hydrogens (tertiary/aromatic N) is 2. The Morgan fingerprint density at radius 1 is 0.697 bits per heavy atom. The highest BCUT2D eigenvalue weighted by Crippen LogP contribution is 2.44. The van der Waals surface area contributed by atoms with E-state index in [-0.39, 0.29) is 5.25 Å². The topological polar surface area (TPSA) is 25.8 Å². The van der Waals surface area contributed by atoms with Gasteiger partial charge in [0.1, 0.15) is 0 Å². The van der Waals surface area contributed by atoms with Crippen LogP contribution in [0.1, 0.15) is 5.69 Å². The number of allylic oxidation sites excluding steroid dienone is 4. The number of benzene rings is 3. The fraction of sp³-hybridized carbons (Fsp3) is 0.0345. The molecule has 0 N–H and O–H groups in total. The van der Waals surface area contributed by atoms with Crippen molar-refractivity contribution in [2.45, 2.75) is 10.1 Å². The van der Waals surface area contributed by atoms with Gasteiger partial charge in [-0.2, -0.15) is 0 Å². The highest BCUT2D eigenvalue weighted by atomic mass is 35.5. The summed E-state index contributed by atoms with van der Waals surface area (Å²) >= 11 is 8.10. The Kier molecular flexibility index (Phi) is 5.21. The van der Waals surface area contributed by atoms with Gasteiger partial charge in [0.25, 0.3) is 0 Å². The van der Waals surface area contributed by atoms with Crippen LogP contribution in [0.15, 0.2) is 114 Å². The second kappa shape index (κ2) is 8.51. The highest BCUT2D eigenvalue weighted by Gasteiger charge is 2.26. The minimum absolute atomic E-state index is 0.263. The Morgan fingerprint density at radius 2 is 1.45 bits per heavy atom. The number of hydrogen-bond donors (Lipinski definition) is 0. The Bertz CT molecular complexity index is 1450. The molecule has 3 aromatic carbocycles. The molecule has 6 rings (SSSR count). The third-order valence-corrected chi connectivity index (χ3v) is 7.17. The molecule has 2 heterocycles. The molecule has 1 aliphatic heterocycles. The van der Waals surface area contributed by atoms with Crippen molar-refractivity contribution in [2.75, 3.05) is 0 Å². The summed E-state index contributed by atoms with van der Waals surface area (Å²) in [5.74, 6) is 0.682. The first-order chi connectivity index (χ1) is 16.2. The van der Waals surface area contributed by atoms with Gasteiger partial charge in [0.15, 0.2) is 5.82 Å². The molecule has 4 aromatic rings. The van der Waals surface area contributed by atoms with E-state index in [1.807, 2.05) is 30.3 Å². The Labute approximate surface area is 202 Å². The lowest BCUT2D eigenvalue weighted by atomic mass is 10.00. The Morgan fingerprint density at radius 3 is 2.33 bits per heavy atom. The SMILES string of the molecule is Clc1cccc(-c2nc3c(c(-c4cccc(-c5ccccc5)c4)n2)SC2C=CC=CC3=C2)c1. The fourth-order valence-corrected chi connectivity index (χ4v) is 5.57. The maximum atomic E-state index is 6.30. The number of halogens is 1. The number of thioether (sulfide) groups is 1. The van der Waals surface area contributed by atoms with E-state index in [9.17, 15) is 0 Å². The molecule has 0 fully saturated rings. The maximum Gasteiger partial charge on any atom is 0.160 e. The molecule has 2 nitrogen and oxygen atoms in total. The minimum Gasteiger partial charge on any atom is -0.227 e. The molecule has 0 saturated carbocycles. The van der Waals surface area contributed by atoms with Crippen molar-refractivity contribution < 1.29 is 0 Å². The third kappa shape index (κ3) is 3.95. The summed E-state index contributed by atoms with van der Waals surface area (Å²) in [6, 6.07) is 26.8. The number of aromatic nitrogens is 2. The van der Waals surface area contributed by atoms with Crippen LogP contribution < -0.4 is 0 Å². The molecule has 4 heteroatoms. The molecular weight excluding hydrogens is 444 g/mol. The fourth-order valence-electron chi connectivity index (χ4n) is 4.17. The van der Waals surface area contributed by atoms with Gasteiger partial charge in [-0.15, -0.1) is 11.8 Å². The van der Waals surface area contributed by atoms with Crippen LogP contribution in [0.2, 0.25) is 5.02 Å². The van der Waals surface area contributed by atoms with E-state index in [2.05, 4.69) is 78.9 Å². The van der Waals surface area contributed by atoms with E-state index in [1.54, 1.807) is 11.8 Å². The Balaban J connectivity index is 1.58. The lowest BCUT2D eigenvalue weighted by molar-refractivity contribution is 1.08. The normalized spacial score (nSPS) is 16.2. The average Bonchev–Trinajstić information content (AvgIpc) is 3.06. The average molecular weight is 463 g/mol. The molecule has 0 spiro atoms. The van der Waals surface area contributed by atoms with E-state index in [1.165, 1.54) is 11.1 Å². The molecule has 1 aliphatic carbocycles. The summed E-state index contributed by atoms with van der Waals surface area (Å²) < 4.78 is 0. The van der Waals surface area contributed by atoms with Crippen LogP contribution in [-0.2, 0) is 0 Å². The van der Waals surface area contributed by atoms with Crippen LogP contribution >= 0.6 is 23.4 Å². The number of rotatable bonds is 3. The third-order valence-electron chi connectivity index (χ3n) is 5.75. The zero-order valence-corrected chi connectivity index (χ0v) is 19.2. The molecule has 158 valence electrons. The van der Waals surface area contributed by atoms with Gasteiger partial charge in [0, 0.05) is 21.4 Å². The molecule has 2 aliphatic rings. The zero-order valence-electron chi connectivity index (χ0n) is 17.7. The first kappa shape index (κ1) is 20.2. The smallest absolute Gasteiger partial charge is 0.160 e.